The van der Waals surface area contributed by atoms with Crippen LogP contribution >= 0.6 is 0 Å². The molecule has 2 aliphatic heterocycles. The minimum absolute atomic E-state index is 0.116. The normalized spacial score (nSPS) is 17.3. The molecule has 0 unspecified atom stereocenters. The minimum Gasteiger partial charge on any atom is -0.378 e. The van der Waals surface area contributed by atoms with E-state index in [1.807, 2.05) is 0 Å². The maximum Gasteiger partial charge on any atom is 0.282 e. The van der Waals surface area contributed by atoms with Crippen LogP contribution in [0.4, 0.5) is 15.8 Å². The fourth-order valence-corrected chi connectivity index (χ4v) is 3.43. The van der Waals surface area contributed by atoms with E-state index in [4.69, 9.17) is 4.74 Å². The van der Waals surface area contributed by atoms with Gasteiger partial charge in [0.05, 0.1) is 29.4 Å². The van der Waals surface area contributed by atoms with Crippen molar-refractivity contribution in [2.24, 2.45) is 0 Å². The van der Waals surface area contributed by atoms with Crippen molar-refractivity contribution in [2.45, 2.75) is 0 Å². The molecule has 0 radical (unpaired) electrons. The van der Waals surface area contributed by atoms with Crippen LogP contribution in [0.3, 0.4) is 0 Å². The van der Waals surface area contributed by atoms with Crippen molar-refractivity contribution in [1.82, 2.24) is 4.90 Å². The van der Waals surface area contributed by atoms with Crippen LogP contribution in [0, 0.1) is 15.9 Å². The van der Waals surface area contributed by atoms with E-state index in [9.17, 15) is 24.1 Å². The van der Waals surface area contributed by atoms with Crippen molar-refractivity contribution in [3.05, 3.63) is 75.7 Å². The number of carbonyl (C=O) groups excluding carboxylic acids is 2. The fourth-order valence-electron chi connectivity index (χ4n) is 3.43. The Kier molecular flexibility index (Phi) is 4.81. The fraction of sp³-hybridized carbons (Fsp3) is 0.200. The highest BCUT2D eigenvalue weighted by molar-refractivity contribution is 6.45. The average molecular weight is 397 g/mol. The quantitative estimate of drug-likeness (QED) is 0.447. The summed E-state index contributed by atoms with van der Waals surface area (Å²) >= 11 is 0. The first kappa shape index (κ1) is 18.8. The Morgan fingerprint density at radius 2 is 1.55 bits per heavy atom. The van der Waals surface area contributed by atoms with E-state index >= 15 is 0 Å². The van der Waals surface area contributed by atoms with Crippen LogP contribution < -0.4 is 4.90 Å². The molecule has 0 aliphatic carbocycles. The summed E-state index contributed by atoms with van der Waals surface area (Å²) in [5.74, 6) is -1.56. The molecule has 0 saturated carbocycles. The number of morpholine rings is 1. The number of rotatable bonds is 4. The largest absolute Gasteiger partial charge is 0.378 e. The lowest BCUT2D eigenvalue weighted by Crippen LogP contribution is -2.40. The number of imide groups is 1. The van der Waals surface area contributed by atoms with Crippen molar-refractivity contribution in [2.75, 3.05) is 31.2 Å². The lowest BCUT2D eigenvalue weighted by Gasteiger charge is -2.29. The standard InChI is InChI=1S/C20H16FN3O5/c21-14-3-7-15(8-4-14)23-19(25)17(13-1-5-16(6-2-13)24(27)28)18(20(23)26)22-9-11-29-12-10-22/h1-8H,9-12H2. The summed E-state index contributed by atoms with van der Waals surface area (Å²) in [6.45, 7) is 1.69. The molecule has 9 heteroatoms. The molecule has 1 saturated heterocycles. The SMILES string of the molecule is O=C1C(c2ccc([N+](=O)[O-])cc2)=C(N2CCOCC2)C(=O)N1c1ccc(F)cc1. The molecule has 2 amide bonds. The second-order valence-corrected chi connectivity index (χ2v) is 6.55. The molecule has 4 rings (SSSR count). The molecular formula is C20H16FN3O5. The summed E-state index contributed by atoms with van der Waals surface area (Å²) < 4.78 is 18.6. The van der Waals surface area contributed by atoms with Gasteiger partial charge in [-0.1, -0.05) is 0 Å². The Morgan fingerprint density at radius 1 is 0.931 bits per heavy atom. The molecule has 2 aliphatic rings. The van der Waals surface area contributed by atoms with Crippen LogP contribution in [-0.2, 0) is 14.3 Å². The van der Waals surface area contributed by atoms with Gasteiger partial charge in [0.15, 0.2) is 0 Å². The van der Waals surface area contributed by atoms with E-state index in [1.54, 1.807) is 4.90 Å². The number of nitro benzene ring substituents is 1. The lowest BCUT2D eigenvalue weighted by molar-refractivity contribution is -0.384. The smallest absolute Gasteiger partial charge is 0.282 e. The van der Waals surface area contributed by atoms with Gasteiger partial charge in [0.2, 0.25) is 0 Å². The molecule has 148 valence electrons. The second-order valence-electron chi connectivity index (χ2n) is 6.55. The number of halogens is 1. The second kappa shape index (κ2) is 7.44. The van der Waals surface area contributed by atoms with Crippen LogP contribution in [0.15, 0.2) is 54.2 Å². The summed E-state index contributed by atoms with van der Waals surface area (Å²) in [6.07, 6.45) is 0. The number of hydrogen-bond acceptors (Lipinski definition) is 6. The summed E-state index contributed by atoms with van der Waals surface area (Å²) in [6, 6.07) is 10.6. The number of anilines is 1. The number of amides is 2. The van der Waals surface area contributed by atoms with Crippen molar-refractivity contribution in [3.63, 3.8) is 0 Å². The van der Waals surface area contributed by atoms with E-state index in [-0.39, 0.29) is 22.6 Å². The maximum absolute atomic E-state index is 13.3. The molecular weight excluding hydrogens is 381 g/mol. The van der Waals surface area contributed by atoms with Crippen LogP contribution in [0.2, 0.25) is 0 Å². The van der Waals surface area contributed by atoms with Crippen LogP contribution in [0.25, 0.3) is 5.57 Å². The number of ether oxygens (including phenoxy) is 1. The third-order valence-corrected chi connectivity index (χ3v) is 4.84. The minimum atomic E-state index is -0.558. The number of benzene rings is 2. The van der Waals surface area contributed by atoms with E-state index in [0.29, 0.717) is 31.9 Å². The van der Waals surface area contributed by atoms with E-state index < -0.39 is 22.6 Å². The van der Waals surface area contributed by atoms with Gasteiger partial charge in [-0.25, -0.2) is 9.29 Å². The predicted octanol–water partition coefficient (Wildman–Crippen LogP) is 2.35. The maximum atomic E-state index is 13.3. The van der Waals surface area contributed by atoms with Gasteiger partial charge in [0.25, 0.3) is 17.5 Å². The zero-order chi connectivity index (χ0) is 20.5. The molecule has 0 N–H and O–H groups in total. The Bertz CT molecular complexity index is 1010. The Morgan fingerprint density at radius 3 is 2.14 bits per heavy atom. The number of hydrogen-bond donors (Lipinski definition) is 0. The van der Waals surface area contributed by atoms with E-state index in [1.165, 1.54) is 48.5 Å². The summed E-state index contributed by atoms with van der Waals surface area (Å²) in [7, 11) is 0. The highest BCUT2D eigenvalue weighted by atomic mass is 19.1. The molecule has 8 nitrogen and oxygen atoms in total. The number of nitro groups is 1. The van der Waals surface area contributed by atoms with Gasteiger partial charge < -0.3 is 9.64 Å². The first-order valence-corrected chi connectivity index (χ1v) is 8.93. The van der Waals surface area contributed by atoms with Crippen molar-refractivity contribution in [3.8, 4) is 0 Å². The van der Waals surface area contributed by atoms with Crippen LogP contribution in [0.1, 0.15) is 5.56 Å². The molecule has 29 heavy (non-hydrogen) atoms. The van der Waals surface area contributed by atoms with Crippen molar-refractivity contribution < 1.29 is 23.6 Å². The van der Waals surface area contributed by atoms with Crippen LogP contribution in [0.5, 0.6) is 0 Å². The van der Waals surface area contributed by atoms with Gasteiger partial charge in [0, 0.05) is 25.2 Å². The molecule has 2 aromatic rings. The average Bonchev–Trinajstić information content (AvgIpc) is 2.99. The Balaban J connectivity index is 1.80. The van der Waals surface area contributed by atoms with Gasteiger partial charge >= 0.3 is 0 Å². The topological polar surface area (TPSA) is 93.0 Å². The Labute approximate surface area is 164 Å². The molecule has 0 atom stereocenters. The third kappa shape index (κ3) is 3.36. The molecule has 0 aromatic heterocycles. The summed E-state index contributed by atoms with van der Waals surface area (Å²) in [5, 5.41) is 10.9. The predicted molar refractivity (Wildman–Crippen MR) is 101 cm³/mol. The van der Waals surface area contributed by atoms with Gasteiger partial charge in [-0.3, -0.25) is 19.7 Å². The molecule has 0 spiro atoms. The highest BCUT2D eigenvalue weighted by Gasteiger charge is 2.42. The van der Waals surface area contributed by atoms with Crippen molar-refractivity contribution in [1.29, 1.82) is 0 Å². The zero-order valence-electron chi connectivity index (χ0n) is 15.2. The number of non-ortho nitro benzene ring substituents is 1. The summed E-state index contributed by atoms with van der Waals surface area (Å²) in [5.41, 5.74) is 0.922. The molecule has 1 fully saturated rings. The number of nitrogens with zero attached hydrogens (tertiary/aromatic N) is 3. The van der Waals surface area contributed by atoms with Gasteiger partial charge in [-0.15, -0.1) is 0 Å². The van der Waals surface area contributed by atoms with Crippen LogP contribution in [-0.4, -0.2) is 47.9 Å². The van der Waals surface area contributed by atoms with E-state index in [0.717, 1.165) is 4.90 Å². The van der Waals surface area contributed by atoms with E-state index in [2.05, 4.69) is 0 Å². The molecule has 0 bridgehead atoms. The first-order chi connectivity index (χ1) is 14.0. The monoisotopic (exact) mass is 397 g/mol. The van der Waals surface area contributed by atoms with Crippen molar-refractivity contribution >= 4 is 28.8 Å². The summed E-state index contributed by atoms with van der Waals surface area (Å²) in [4.78, 5) is 39.6. The van der Waals surface area contributed by atoms with Gasteiger partial charge in [-0.05, 0) is 42.0 Å². The first-order valence-electron chi connectivity index (χ1n) is 8.93. The third-order valence-electron chi connectivity index (χ3n) is 4.84. The highest BCUT2D eigenvalue weighted by Crippen LogP contribution is 2.35. The number of carbonyl (C=O) groups is 2. The lowest BCUT2D eigenvalue weighted by atomic mass is 10.0. The molecule has 2 aromatic carbocycles. The Hall–Kier alpha value is -3.59. The van der Waals surface area contributed by atoms with Gasteiger partial charge in [-0.2, -0.15) is 0 Å². The molecule has 2 heterocycles. The van der Waals surface area contributed by atoms with Gasteiger partial charge in [0.1, 0.15) is 11.5 Å². The zero-order valence-corrected chi connectivity index (χ0v) is 15.2.